The molecule has 0 aromatic heterocycles. The first-order valence-corrected chi connectivity index (χ1v) is 7.78. The van der Waals surface area contributed by atoms with Crippen molar-refractivity contribution in [3.8, 4) is 0 Å². The second-order valence-corrected chi connectivity index (χ2v) is 5.88. The molecule has 122 valence electrons. The van der Waals surface area contributed by atoms with Crippen molar-refractivity contribution in [2.24, 2.45) is 0 Å². The zero-order valence-electron chi connectivity index (χ0n) is 13.6. The number of hydrogen-bond acceptors (Lipinski definition) is 2. The van der Waals surface area contributed by atoms with Crippen molar-refractivity contribution in [1.82, 2.24) is 10.2 Å². The van der Waals surface area contributed by atoms with Gasteiger partial charge in [0.1, 0.15) is 5.82 Å². The van der Waals surface area contributed by atoms with Crippen LogP contribution in [-0.4, -0.2) is 31.4 Å². The van der Waals surface area contributed by atoms with Crippen LogP contribution in [0.25, 0.3) is 0 Å². The Morgan fingerprint density at radius 3 is 2.39 bits per heavy atom. The van der Waals surface area contributed by atoms with Crippen LogP contribution in [0.15, 0.2) is 54.6 Å². The van der Waals surface area contributed by atoms with Gasteiger partial charge in [0.15, 0.2) is 0 Å². The average molecular weight is 314 g/mol. The molecule has 4 heteroatoms. The minimum absolute atomic E-state index is 0.0658. The van der Waals surface area contributed by atoms with Gasteiger partial charge in [0.2, 0.25) is 5.91 Å². The van der Waals surface area contributed by atoms with Gasteiger partial charge in [0, 0.05) is 13.0 Å². The van der Waals surface area contributed by atoms with Crippen molar-refractivity contribution in [2.45, 2.75) is 18.9 Å². The maximum absolute atomic E-state index is 13.6. The molecule has 0 fully saturated rings. The quantitative estimate of drug-likeness (QED) is 0.851. The Balaban J connectivity index is 1.96. The molecule has 1 N–H and O–H groups in total. The van der Waals surface area contributed by atoms with Gasteiger partial charge in [-0.05, 0) is 37.7 Å². The standard InChI is InChI=1S/C19H23FN2O/c1-22(2)14-18(16-9-4-3-5-10-16)21-19(23)13-12-15-8-6-7-11-17(15)20/h3-11,18H,12-14H2,1-2H3,(H,21,23). The predicted octanol–water partition coefficient (Wildman–Crippen LogP) is 3.18. The molecule has 2 rings (SSSR count). The van der Waals surface area contributed by atoms with Crippen LogP contribution in [0, 0.1) is 5.82 Å². The van der Waals surface area contributed by atoms with E-state index in [0.29, 0.717) is 12.0 Å². The smallest absolute Gasteiger partial charge is 0.220 e. The number of benzene rings is 2. The summed E-state index contributed by atoms with van der Waals surface area (Å²) in [5, 5.41) is 3.05. The Morgan fingerprint density at radius 1 is 1.09 bits per heavy atom. The van der Waals surface area contributed by atoms with Crippen LogP contribution < -0.4 is 5.32 Å². The fraction of sp³-hybridized carbons (Fsp3) is 0.316. The molecular weight excluding hydrogens is 291 g/mol. The number of amides is 1. The number of halogens is 1. The normalized spacial score (nSPS) is 12.2. The van der Waals surface area contributed by atoms with Crippen molar-refractivity contribution in [1.29, 1.82) is 0 Å². The first-order valence-electron chi connectivity index (χ1n) is 7.78. The molecule has 0 saturated carbocycles. The average Bonchev–Trinajstić information content (AvgIpc) is 2.54. The SMILES string of the molecule is CN(C)CC(NC(=O)CCc1ccccc1F)c1ccccc1. The van der Waals surface area contributed by atoms with Gasteiger partial charge in [0.05, 0.1) is 6.04 Å². The fourth-order valence-electron chi connectivity index (χ4n) is 2.50. The lowest BCUT2D eigenvalue weighted by Gasteiger charge is -2.23. The van der Waals surface area contributed by atoms with Crippen LogP contribution in [0.4, 0.5) is 4.39 Å². The van der Waals surface area contributed by atoms with E-state index in [1.54, 1.807) is 18.2 Å². The van der Waals surface area contributed by atoms with Crippen LogP contribution >= 0.6 is 0 Å². The molecule has 0 spiro atoms. The van der Waals surface area contributed by atoms with E-state index in [1.165, 1.54) is 6.07 Å². The number of carbonyl (C=O) groups excluding carboxylic acids is 1. The van der Waals surface area contributed by atoms with Gasteiger partial charge < -0.3 is 10.2 Å². The molecule has 1 atom stereocenters. The van der Waals surface area contributed by atoms with Gasteiger partial charge in [-0.2, -0.15) is 0 Å². The van der Waals surface area contributed by atoms with Crippen molar-refractivity contribution >= 4 is 5.91 Å². The second kappa shape index (κ2) is 8.44. The van der Waals surface area contributed by atoms with E-state index in [4.69, 9.17) is 0 Å². The zero-order chi connectivity index (χ0) is 16.7. The Hall–Kier alpha value is -2.20. The predicted molar refractivity (Wildman–Crippen MR) is 90.6 cm³/mol. The number of carbonyl (C=O) groups is 1. The van der Waals surface area contributed by atoms with Gasteiger partial charge >= 0.3 is 0 Å². The molecule has 0 aliphatic carbocycles. The Morgan fingerprint density at radius 2 is 1.74 bits per heavy atom. The minimum Gasteiger partial charge on any atom is -0.348 e. The molecule has 0 heterocycles. The first kappa shape index (κ1) is 17.2. The molecule has 2 aromatic rings. The minimum atomic E-state index is -0.256. The number of likely N-dealkylation sites (N-methyl/N-ethyl adjacent to an activating group) is 1. The Bertz CT molecular complexity index is 628. The summed E-state index contributed by atoms with van der Waals surface area (Å²) < 4.78 is 13.6. The summed E-state index contributed by atoms with van der Waals surface area (Å²) >= 11 is 0. The topological polar surface area (TPSA) is 32.3 Å². The lowest BCUT2D eigenvalue weighted by Crippen LogP contribution is -2.35. The molecule has 1 amide bonds. The van der Waals surface area contributed by atoms with Crippen molar-refractivity contribution in [3.63, 3.8) is 0 Å². The van der Waals surface area contributed by atoms with Crippen molar-refractivity contribution in [3.05, 3.63) is 71.5 Å². The third kappa shape index (κ3) is 5.49. The largest absolute Gasteiger partial charge is 0.348 e. The van der Waals surface area contributed by atoms with Crippen LogP contribution in [0.3, 0.4) is 0 Å². The van der Waals surface area contributed by atoms with E-state index in [-0.39, 0.29) is 24.2 Å². The third-order valence-electron chi connectivity index (χ3n) is 3.66. The molecule has 3 nitrogen and oxygen atoms in total. The number of nitrogens with zero attached hydrogens (tertiary/aromatic N) is 1. The van der Waals surface area contributed by atoms with E-state index in [2.05, 4.69) is 5.32 Å². The van der Waals surface area contributed by atoms with Gasteiger partial charge in [-0.15, -0.1) is 0 Å². The molecule has 0 saturated heterocycles. The summed E-state index contributed by atoms with van der Waals surface area (Å²) in [7, 11) is 3.95. The summed E-state index contributed by atoms with van der Waals surface area (Å²) in [6.45, 7) is 0.718. The summed E-state index contributed by atoms with van der Waals surface area (Å²) in [5.74, 6) is -0.322. The molecule has 2 aromatic carbocycles. The number of hydrogen-bond donors (Lipinski definition) is 1. The monoisotopic (exact) mass is 314 g/mol. The molecule has 0 aliphatic heterocycles. The highest BCUT2D eigenvalue weighted by atomic mass is 19.1. The molecular formula is C19H23FN2O. The highest BCUT2D eigenvalue weighted by molar-refractivity contribution is 5.76. The molecule has 0 radical (unpaired) electrons. The van der Waals surface area contributed by atoms with Crippen LogP contribution in [0.1, 0.15) is 23.6 Å². The lowest BCUT2D eigenvalue weighted by molar-refractivity contribution is -0.121. The van der Waals surface area contributed by atoms with Crippen molar-refractivity contribution in [2.75, 3.05) is 20.6 Å². The van der Waals surface area contributed by atoms with E-state index in [9.17, 15) is 9.18 Å². The summed E-state index contributed by atoms with van der Waals surface area (Å²) in [6.07, 6.45) is 0.680. The highest BCUT2D eigenvalue weighted by Crippen LogP contribution is 2.14. The maximum atomic E-state index is 13.6. The maximum Gasteiger partial charge on any atom is 0.220 e. The van der Waals surface area contributed by atoms with Gasteiger partial charge in [-0.1, -0.05) is 48.5 Å². The van der Waals surface area contributed by atoms with Gasteiger partial charge in [-0.25, -0.2) is 4.39 Å². The molecule has 23 heavy (non-hydrogen) atoms. The Kier molecular flexibility index (Phi) is 6.29. The van der Waals surface area contributed by atoms with Crippen LogP contribution in [-0.2, 0) is 11.2 Å². The van der Waals surface area contributed by atoms with E-state index < -0.39 is 0 Å². The zero-order valence-corrected chi connectivity index (χ0v) is 13.6. The summed E-state index contributed by atoms with van der Waals surface area (Å²) in [4.78, 5) is 14.3. The second-order valence-electron chi connectivity index (χ2n) is 5.88. The number of aryl methyl sites for hydroxylation is 1. The summed E-state index contributed by atoms with van der Waals surface area (Å²) in [5.41, 5.74) is 1.65. The number of nitrogens with one attached hydrogen (secondary N) is 1. The highest BCUT2D eigenvalue weighted by Gasteiger charge is 2.15. The van der Waals surface area contributed by atoms with Crippen LogP contribution in [0.5, 0.6) is 0 Å². The van der Waals surface area contributed by atoms with Gasteiger partial charge in [0.25, 0.3) is 0 Å². The molecule has 0 aliphatic rings. The first-order chi connectivity index (χ1) is 11.1. The molecule has 1 unspecified atom stereocenters. The summed E-state index contributed by atoms with van der Waals surface area (Å²) in [6, 6.07) is 16.4. The van der Waals surface area contributed by atoms with E-state index >= 15 is 0 Å². The number of rotatable bonds is 7. The van der Waals surface area contributed by atoms with Crippen molar-refractivity contribution < 1.29 is 9.18 Å². The van der Waals surface area contributed by atoms with E-state index in [0.717, 1.165) is 12.1 Å². The fourth-order valence-corrected chi connectivity index (χ4v) is 2.50. The molecule has 0 bridgehead atoms. The Labute approximate surface area is 137 Å². The van der Waals surface area contributed by atoms with E-state index in [1.807, 2.05) is 49.3 Å². The third-order valence-corrected chi connectivity index (χ3v) is 3.66. The lowest BCUT2D eigenvalue weighted by atomic mass is 10.1. The van der Waals surface area contributed by atoms with Gasteiger partial charge in [-0.3, -0.25) is 4.79 Å². The van der Waals surface area contributed by atoms with Crippen LogP contribution in [0.2, 0.25) is 0 Å².